The Balaban J connectivity index is 2.85. The minimum atomic E-state index is 0.796. The van der Waals surface area contributed by atoms with Gasteiger partial charge in [0.25, 0.3) is 0 Å². The Bertz CT molecular complexity index is 443. The zero-order chi connectivity index (χ0) is 9.42. The van der Waals surface area contributed by atoms with Crippen LogP contribution in [0, 0.1) is 6.92 Å². The van der Waals surface area contributed by atoms with Crippen molar-refractivity contribution < 1.29 is 0 Å². The Morgan fingerprint density at radius 3 is 2.77 bits per heavy atom. The number of para-hydroxylation sites is 1. The smallest absolute Gasteiger partial charge is 0.0509 e. The molecule has 0 N–H and O–H groups in total. The third-order valence-electron chi connectivity index (χ3n) is 2.52. The molecule has 0 aliphatic heterocycles. The number of thiol groups is 1. The van der Waals surface area contributed by atoms with Crippen molar-refractivity contribution in [2.24, 2.45) is 7.05 Å². The van der Waals surface area contributed by atoms with Gasteiger partial charge in [-0.2, -0.15) is 12.6 Å². The van der Waals surface area contributed by atoms with Gasteiger partial charge in [0.1, 0.15) is 0 Å². The number of nitrogens with zero attached hydrogens (tertiary/aromatic N) is 1. The lowest BCUT2D eigenvalue weighted by Gasteiger charge is -2.02. The van der Waals surface area contributed by atoms with Gasteiger partial charge in [0.05, 0.1) is 5.52 Å². The van der Waals surface area contributed by atoms with Crippen molar-refractivity contribution in [3.8, 4) is 0 Å². The molecule has 1 heterocycles. The molecule has 0 atom stereocenters. The van der Waals surface area contributed by atoms with Gasteiger partial charge in [-0.1, -0.05) is 18.2 Å². The molecule has 0 radical (unpaired) electrons. The van der Waals surface area contributed by atoms with Crippen LogP contribution in [-0.2, 0) is 12.8 Å². The van der Waals surface area contributed by atoms with Crippen LogP contribution in [0.15, 0.2) is 24.3 Å². The van der Waals surface area contributed by atoms with E-state index in [2.05, 4.69) is 55.4 Å². The average Bonchev–Trinajstić information content (AvgIpc) is 2.44. The number of benzene rings is 1. The fraction of sp³-hybridized carbons (Fsp3) is 0.273. The van der Waals surface area contributed by atoms with Gasteiger partial charge in [-0.05, 0) is 18.6 Å². The van der Waals surface area contributed by atoms with Crippen LogP contribution in [0.3, 0.4) is 0 Å². The summed E-state index contributed by atoms with van der Waals surface area (Å²) >= 11 is 4.30. The molecule has 0 unspecified atom stereocenters. The molecule has 1 aromatic carbocycles. The Morgan fingerprint density at radius 2 is 2.15 bits per heavy atom. The lowest BCUT2D eigenvalue weighted by molar-refractivity contribution is 0.907. The summed E-state index contributed by atoms with van der Waals surface area (Å²) in [6.07, 6.45) is 0. The summed E-state index contributed by atoms with van der Waals surface area (Å²) in [6, 6.07) is 8.59. The Labute approximate surface area is 83.8 Å². The average molecular weight is 191 g/mol. The lowest BCUT2D eigenvalue weighted by atomic mass is 10.2. The number of hydrogen-bond acceptors (Lipinski definition) is 1. The van der Waals surface area contributed by atoms with Crippen molar-refractivity contribution in [2.45, 2.75) is 12.7 Å². The predicted octanol–water partition coefficient (Wildman–Crippen LogP) is 2.92. The first-order valence-electron chi connectivity index (χ1n) is 4.39. The van der Waals surface area contributed by atoms with Crippen molar-refractivity contribution in [2.75, 3.05) is 0 Å². The summed E-state index contributed by atoms with van der Waals surface area (Å²) in [6.45, 7) is 2.14. The van der Waals surface area contributed by atoms with Gasteiger partial charge in [-0.25, -0.2) is 0 Å². The summed E-state index contributed by atoms with van der Waals surface area (Å²) in [4.78, 5) is 0. The molecule has 2 aromatic rings. The van der Waals surface area contributed by atoms with E-state index in [-0.39, 0.29) is 0 Å². The quantitative estimate of drug-likeness (QED) is 0.661. The SMILES string of the molecule is Cc1cccc2cc(CS)n(C)c12. The molecule has 0 aliphatic rings. The number of aromatic nitrogens is 1. The van der Waals surface area contributed by atoms with Crippen molar-refractivity contribution >= 4 is 23.5 Å². The Kier molecular flexibility index (Phi) is 2.08. The number of aryl methyl sites for hydroxylation is 2. The maximum Gasteiger partial charge on any atom is 0.0509 e. The van der Waals surface area contributed by atoms with E-state index >= 15 is 0 Å². The van der Waals surface area contributed by atoms with E-state index in [4.69, 9.17) is 0 Å². The lowest BCUT2D eigenvalue weighted by Crippen LogP contribution is -1.93. The van der Waals surface area contributed by atoms with Crippen molar-refractivity contribution in [3.63, 3.8) is 0 Å². The van der Waals surface area contributed by atoms with Gasteiger partial charge in [-0.15, -0.1) is 0 Å². The monoisotopic (exact) mass is 191 g/mol. The van der Waals surface area contributed by atoms with Crippen LogP contribution in [0.2, 0.25) is 0 Å². The van der Waals surface area contributed by atoms with Crippen LogP contribution in [-0.4, -0.2) is 4.57 Å². The predicted molar refractivity (Wildman–Crippen MR) is 60.3 cm³/mol. The van der Waals surface area contributed by atoms with E-state index in [1.807, 2.05) is 0 Å². The number of hydrogen-bond donors (Lipinski definition) is 1. The highest BCUT2D eigenvalue weighted by atomic mass is 32.1. The highest BCUT2D eigenvalue weighted by Gasteiger charge is 2.05. The van der Waals surface area contributed by atoms with E-state index in [1.165, 1.54) is 22.2 Å². The van der Waals surface area contributed by atoms with Gasteiger partial charge in [0, 0.05) is 23.9 Å². The third kappa shape index (κ3) is 1.25. The van der Waals surface area contributed by atoms with E-state index in [0.717, 1.165) is 5.75 Å². The fourth-order valence-corrected chi connectivity index (χ4v) is 2.13. The second-order valence-corrected chi connectivity index (χ2v) is 3.68. The second kappa shape index (κ2) is 3.11. The van der Waals surface area contributed by atoms with Gasteiger partial charge in [-0.3, -0.25) is 0 Å². The molecule has 0 amide bonds. The van der Waals surface area contributed by atoms with E-state index in [9.17, 15) is 0 Å². The van der Waals surface area contributed by atoms with Crippen molar-refractivity contribution in [1.29, 1.82) is 0 Å². The third-order valence-corrected chi connectivity index (χ3v) is 2.84. The zero-order valence-corrected chi connectivity index (χ0v) is 8.81. The summed E-state index contributed by atoms with van der Waals surface area (Å²) in [5, 5.41) is 1.31. The molecular weight excluding hydrogens is 178 g/mol. The maximum atomic E-state index is 4.30. The normalized spacial score (nSPS) is 11.0. The molecule has 0 fully saturated rings. The van der Waals surface area contributed by atoms with Crippen LogP contribution < -0.4 is 0 Å². The molecule has 0 spiro atoms. The Morgan fingerprint density at radius 1 is 1.38 bits per heavy atom. The van der Waals surface area contributed by atoms with Crippen LogP contribution in [0.1, 0.15) is 11.3 Å². The second-order valence-electron chi connectivity index (χ2n) is 3.37. The van der Waals surface area contributed by atoms with Crippen LogP contribution >= 0.6 is 12.6 Å². The fourth-order valence-electron chi connectivity index (χ4n) is 1.83. The largest absolute Gasteiger partial charge is 0.347 e. The molecule has 2 heteroatoms. The Hall–Kier alpha value is -0.890. The highest BCUT2D eigenvalue weighted by Crippen LogP contribution is 2.22. The summed E-state index contributed by atoms with van der Waals surface area (Å²) in [5.41, 5.74) is 3.92. The minimum Gasteiger partial charge on any atom is -0.347 e. The molecule has 13 heavy (non-hydrogen) atoms. The number of fused-ring (bicyclic) bond motifs is 1. The first kappa shape index (κ1) is 8.70. The van der Waals surface area contributed by atoms with Crippen LogP contribution in [0.5, 0.6) is 0 Å². The molecule has 2 rings (SSSR count). The van der Waals surface area contributed by atoms with Gasteiger partial charge >= 0.3 is 0 Å². The van der Waals surface area contributed by atoms with Crippen LogP contribution in [0.4, 0.5) is 0 Å². The molecule has 0 saturated carbocycles. The molecule has 68 valence electrons. The summed E-state index contributed by atoms with van der Waals surface area (Å²) < 4.78 is 2.22. The van der Waals surface area contributed by atoms with Crippen molar-refractivity contribution in [3.05, 3.63) is 35.5 Å². The standard InChI is InChI=1S/C11H13NS/c1-8-4-3-5-9-6-10(7-13)12(2)11(8)9/h3-6,13H,7H2,1-2H3. The molecule has 1 nitrogen and oxygen atoms in total. The molecule has 0 bridgehead atoms. The minimum absolute atomic E-state index is 0.796. The van der Waals surface area contributed by atoms with E-state index in [0.29, 0.717) is 0 Å². The van der Waals surface area contributed by atoms with Crippen LogP contribution in [0.25, 0.3) is 10.9 Å². The maximum absolute atomic E-state index is 4.30. The first-order valence-corrected chi connectivity index (χ1v) is 5.02. The van der Waals surface area contributed by atoms with Crippen molar-refractivity contribution in [1.82, 2.24) is 4.57 Å². The summed E-state index contributed by atoms with van der Waals surface area (Å²) in [5.74, 6) is 0.796. The summed E-state index contributed by atoms with van der Waals surface area (Å²) in [7, 11) is 2.10. The zero-order valence-electron chi connectivity index (χ0n) is 7.91. The van der Waals surface area contributed by atoms with Gasteiger partial charge < -0.3 is 4.57 Å². The van der Waals surface area contributed by atoms with Gasteiger partial charge in [0.15, 0.2) is 0 Å². The molecule has 1 aromatic heterocycles. The first-order chi connectivity index (χ1) is 6.24. The molecular formula is C11H13NS. The topological polar surface area (TPSA) is 4.93 Å². The highest BCUT2D eigenvalue weighted by molar-refractivity contribution is 7.79. The van der Waals surface area contributed by atoms with E-state index < -0.39 is 0 Å². The molecule has 0 aliphatic carbocycles. The number of rotatable bonds is 1. The molecule has 0 saturated heterocycles. The van der Waals surface area contributed by atoms with E-state index in [1.54, 1.807) is 0 Å². The van der Waals surface area contributed by atoms with Gasteiger partial charge in [0.2, 0.25) is 0 Å².